The van der Waals surface area contributed by atoms with Gasteiger partial charge < -0.3 is 5.73 Å². The lowest BCUT2D eigenvalue weighted by atomic mass is 10.6. The molecule has 0 aliphatic heterocycles. The molecule has 2 aromatic heterocycles. The van der Waals surface area contributed by atoms with Gasteiger partial charge in [-0.1, -0.05) is 0 Å². The van der Waals surface area contributed by atoms with Crippen LogP contribution in [0.2, 0.25) is 0 Å². The zero-order chi connectivity index (χ0) is 10.1. The van der Waals surface area contributed by atoms with Gasteiger partial charge in [0.2, 0.25) is 5.16 Å². The molecule has 2 aromatic rings. The van der Waals surface area contributed by atoms with Crippen LogP contribution in [0, 0.1) is 0 Å². The third-order valence-electron chi connectivity index (χ3n) is 1.59. The van der Waals surface area contributed by atoms with E-state index in [0.717, 1.165) is 0 Å². The minimum Gasteiger partial charge on any atom is -0.395 e. The van der Waals surface area contributed by atoms with Crippen molar-refractivity contribution in [2.75, 3.05) is 5.73 Å². The lowest BCUT2D eigenvalue weighted by Crippen LogP contribution is -1.94. The summed E-state index contributed by atoms with van der Waals surface area (Å²) in [6.45, 7) is 0. The molecule has 0 bridgehead atoms. The molecular formula is C6H9N7S. The van der Waals surface area contributed by atoms with Crippen LogP contribution < -0.4 is 5.73 Å². The Balaban J connectivity index is 2.27. The normalized spacial score (nSPS) is 10.7. The molecule has 0 aliphatic rings. The van der Waals surface area contributed by atoms with Crippen molar-refractivity contribution >= 4 is 17.4 Å². The van der Waals surface area contributed by atoms with Crippen LogP contribution in [-0.2, 0) is 14.1 Å². The maximum Gasteiger partial charge on any atom is 0.215 e. The first kappa shape index (κ1) is 9.00. The van der Waals surface area contributed by atoms with Crippen molar-refractivity contribution in [1.82, 2.24) is 30.0 Å². The minimum absolute atomic E-state index is 0.625. The van der Waals surface area contributed by atoms with Gasteiger partial charge >= 0.3 is 0 Å². The molecule has 14 heavy (non-hydrogen) atoms. The van der Waals surface area contributed by atoms with Gasteiger partial charge in [0.15, 0.2) is 0 Å². The summed E-state index contributed by atoms with van der Waals surface area (Å²) in [5.41, 5.74) is 6.35. The van der Waals surface area contributed by atoms with E-state index in [1.807, 2.05) is 7.05 Å². The van der Waals surface area contributed by atoms with Crippen LogP contribution in [0.5, 0.6) is 0 Å². The number of hydrogen-bond donors (Lipinski definition) is 1. The second-order valence-corrected chi connectivity index (χ2v) is 3.71. The lowest BCUT2D eigenvalue weighted by molar-refractivity contribution is 0.663. The molecule has 0 aromatic carbocycles. The van der Waals surface area contributed by atoms with Gasteiger partial charge in [-0.25, -0.2) is 4.68 Å². The predicted octanol–water partition coefficient (Wildman–Crippen LogP) is -0.323. The van der Waals surface area contributed by atoms with Crippen LogP contribution >= 0.6 is 11.8 Å². The van der Waals surface area contributed by atoms with E-state index in [4.69, 9.17) is 5.73 Å². The Labute approximate surface area is 84.3 Å². The molecule has 8 heteroatoms. The molecule has 0 spiro atoms. The summed E-state index contributed by atoms with van der Waals surface area (Å²) < 4.78 is 3.22. The number of aryl methyl sites for hydroxylation is 2. The number of anilines is 1. The molecule has 0 amide bonds. The zero-order valence-electron chi connectivity index (χ0n) is 7.75. The number of rotatable bonds is 2. The van der Waals surface area contributed by atoms with Crippen molar-refractivity contribution in [2.45, 2.75) is 10.2 Å². The number of aromatic nitrogens is 6. The number of nitrogens with zero attached hydrogens (tertiary/aromatic N) is 6. The first-order valence-electron chi connectivity index (χ1n) is 3.86. The van der Waals surface area contributed by atoms with Gasteiger partial charge in [0.25, 0.3) is 0 Å². The van der Waals surface area contributed by atoms with E-state index in [1.54, 1.807) is 22.6 Å². The van der Waals surface area contributed by atoms with Gasteiger partial charge in [-0.15, -0.1) is 5.10 Å². The summed E-state index contributed by atoms with van der Waals surface area (Å²) in [6, 6.07) is 0. The molecule has 74 valence electrons. The highest BCUT2D eigenvalue weighted by Crippen LogP contribution is 2.27. The molecule has 0 saturated carbocycles. The standard InChI is InChI=1S/C6H9N7S/c1-12-3-4(7)5(9-12)14-6-8-10-11-13(6)2/h3H,7H2,1-2H3. The molecule has 0 saturated heterocycles. The molecule has 0 atom stereocenters. The number of tetrazole rings is 1. The minimum atomic E-state index is 0.625. The molecular weight excluding hydrogens is 202 g/mol. The highest BCUT2D eigenvalue weighted by molar-refractivity contribution is 7.99. The fraction of sp³-hybridized carbons (Fsp3) is 0.333. The molecule has 0 aliphatic carbocycles. The Kier molecular flexibility index (Phi) is 2.12. The highest BCUT2D eigenvalue weighted by atomic mass is 32.2. The van der Waals surface area contributed by atoms with Gasteiger partial charge in [0.1, 0.15) is 5.03 Å². The molecule has 2 rings (SSSR count). The lowest BCUT2D eigenvalue weighted by Gasteiger charge is -1.95. The van der Waals surface area contributed by atoms with E-state index in [9.17, 15) is 0 Å². The average Bonchev–Trinajstić information content (AvgIpc) is 2.62. The van der Waals surface area contributed by atoms with E-state index < -0.39 is 0 Å². The maximum atomic E-state index is 5.73. The summed E-state index contributed by atoms with van der Waals surface area (Å²) in [5.74, 6) is 0. The second kappa shape index (κ2) is 3.29. The van der Waals surface area contributed by atoms with Gasteiger partial charge in [-0.2, -0.15) is 5.10 Å². The van der Waals surface area contributed by atoms with Crippen molar-refractivity contribution in [2.24, 2.45) is 14.1 Å². The quantitative estimate of drug-likeness (QED) is 0.732. The van der Waals surface area contributed by atoms with Crippen LogP contribution in [0.4, 0.5) is 5.69 Å². The first-order valence-corrected chi connectivity index (χ1v) is 4.68. The highest BCUT2D eigenvalue weighted by Gasteiger charge is 2.10. The summed E-state index contributed by atoms with van der Waals surface area (Å²) >= 11 is 1.34. The predicted molar refractivity (Wildman–Crippen MR) is 50.5 cm³/mol. The summed E-state index contributed by atoms with van der Waals surface area (Å²) in [4.78, 5) is 0. The largest absolute Gasteiger partial charge is 0.395 e. The van der Waals surface area contributed by atoms with E-state index in [2.05, 4.69) is 20.6 Å². The van der Waals surface area contributed by atoms with E-state index in [0.29, 0.717) is 15.9 Å². The number of nitrogen functional groups attached to an aromatic ring is 1. The van der Waals surface area contributed by atoms with E-state index in [-0.39, 0.29) is 0 Å². The Morgan fingerprint density at radius 3 is 2.71 bits per heavy atom. The van der Waals surface area contributed by atoms with E-state index in [1.165, 1.54) is 11.8 Å². The molecule has 0 unspecified atom stereocenters. The summed E-state index contributed by atoms with van der Waals surface area (Å²) in [7, 11) is 3.58. The number of hydrogen-bond acceptors (Lipinski definition) is 6. The Bertz CT molecular complexity index is 445. The van der Waals surface area contributed by atoms with Gasteiger partial charge in [-0.05, 0) is 22.2 Å². The molecule has 0 radical (unpaired) electrons. The Hall–Kier alpha value is -1.57. The van der Waals surface area contributed by atoms with Gasteiger partial charge in [-0.3, -0.25) is 4.68 Å². The van der Waals surface area contributed by atoms with Crippen LogP contribution in [0.15, 0.2) is 16.4 Å². The fourth-order valence-corrected chi connectivity index (χ4v) is 1.72. The topological polar surface area (TPSA) is 87.4 Å². The first-order chi connectivity index (χ1) is 6.66. The third-order valence-corrected chi connectivity index (χ3v) is 2.63. The van der Waals surface area contributed by atoms with Crippen molar-refractivity contribution in [3.63, 3.8) is 0 Å². The third kappa shape index (κ3) is 1.55. The summed E-state index contributed by atoms with van der Waals surface area (Å²) in [5, 5.41) is 16.6. The number of nitrogens with two attached hydrogens (primary N) is 1. The van der Waals surface area contributed by atoms with Gasteiger partial charge in [0.05, 0.1) is 5.69 Å². The van der Waals surface area contributed by atoms with Crippen molar-refractivity contribution in [1.29, 1.82) is 0 Å². The fourth-order valence-electron chi connectivity index (χ4n) is 0.960. The molecule has 2 N–H and O–H groups in total. The SMILES string of the molecule is Cn1cc(N)c(Sc2nnnn2C)n1. The molecule has 7 nitrogen and oxygen atoms in total. The van der Waals surface area contributed by atoms with Crippen LogP contribution in [-0.4, -0.2) is 30.0 Å². The average molecular weight is 211 g/mol. The maximum absolute atomic E-state index is 5.73. The Morgan fingerprint density at radius 2 is 2.21 bits per heavy atom. The van der Waals surface area contributed by atoms with Crippen molar-refractivity contribution in [3.8, 4) is 0 Å². The molecule has 2 heterocycles. The van der Waals surface area contributed by atoms with Gasteiger partial charge in [0, 0.05) is 20.3 Å². The van der Waals surface area contributed by atoms with Crippen molar-refractivity contribution < 1.29 is 0 Å². The van der Waals surface area contributed by atoms with Crippen molar-refractivity contribution in [3.05, 3.63) is 6.20 Å². The zero-order valence-corrected chi connectivity index (χ0v) is 8.56. The van der Waals surface area contributed by atoms with Crippen LogP contribution in [0.1, 0.15) is 0 Å². The summed E-state index contributed by atoms with van der Waals surface area (Å²) in [6.07, 6.45) is 1.74. The monoisotopic (exact) mass is 211 g/mol. The second-order valence-electron chi connectivity index (χ2n) is 2.75. The Morgan fingerprint density at radius 1 is 1.43 bits per heavy atom. The smallest absolute Gasteiger partial charge is 0.215 e. The molecule has 0 fully saturated rings. The van der Waals surface area contributed by atoms with Crippen LogP contribution in [0.25, 0.3) is 0 Å². The van der Waals surface area contributed by atoms with Crippen LogP contribution in [0.3, 0.4) is 0 Å². The van der Waals surface area contributed by atoms with E-state index >= 15 is 0 Å².